The van der Waals surface area contributed by atoms with Crippen molar-refractivity contribution in [3.05, 3.63) is 23.8 Å². The first kappa shape index (κ1) is 19.8. The summed E-state index contributed by atoms with van der Waals surface area (Å²) >= 11 is 0. The van der Waals surface area contributed by atoms with Crippen molar-refractivity contribution < 1.29 is 23.8 Å². The molecule has 0 heterocycles. The number of hydrogen-bond acceptors (Lipinski definition) is 5. The summed E-state index contributed by atoms with van der Waals surface area (Å²) < 4.78 is 15.9. The molecule has 6 heteroatoms. The van der Waals surface area contributed by atoms with E-state index in [2.05, 4.69) is 0 Å². The van der Waals surface area contributed by atoms with Crippen LogP contribution in [0.2, 0.25) is 0 Å². The second kappa shape index (κ2) is 10.5. The van der Waals surface area contributed by atoms with Crippen LogP contribution in [0.15, 0.2) is 18.2 Å². The van der Waals surface area contributed by atoms with Gasteiger partial charge in [-0.25, -0.2) is 0 Å². The molecule has 0 radical (unpaired) electrons. The van der Waals surface area contributed by atoms with Crippen LogP contribution in [0.5, 0.6) is 11.5 Å². The van der Waals surface area contributed by atoms with Crippen LogP contribution in [0.3, 0.4) is 0 Å². The monoisotopic (exact) mass is 337 g/mol. The Morgan fingerprint density at radius 1 is 1.12 bits per heavy atom. The molecule has 0 aliphatic heterocycles. The van der Waals surface area contributed by atoms with Crippen LogP contribution in [-0.4, -0.2) is 50.2 Å². The van der Waals surface area contributed by atoms with Gasteiger partial charge in [0.2, 0.25) is 0 Å². The van der Waals surface area contributed by atoms with Crippen molar-refractivity contribution in [3.8, 4) is 11.5 Å². The maximum atomic E-state index is 12.0. The molecule has 1 aromatic rings. The van der Waals surface area contributed by atoms with Gasteiger partial charge in [-0.2, -0.15) is 0 Å². The van der Waals surface area contributed by atoms with E-state index in [1.807, 2.05) is 26.0 Å². The molecule has 134 valence electrons. The number of likely N-dealkylation sites (N-methyl/N-ethyl adjacent to an activating group) is 1. The number of amides is 1. The van der Waals surface area contributed by atoms with E-state index in [4.69, 9.17) is 14.2 Å². The van der Waals surface area contributed by atoms with E-state index in [-0.39, 0.29) is 18.5 Å². The average molecular weight is 337 g/mol. The molecule has 0 aliphatic carbocycles. The summed E-state index contributed by atoms with van der Waals surface area (Å²) in [5, 5.41) is 0. The Morgan fingerprint density at radius 2 is 1.83 bits per heavy atom. The minimum atomic E-state index is -0.269. The van der Waals surface area contributed by atoms with Gasteiger partial charge in [-0.15, -0.1) is 0 Å². The van der Waals surface area contributed by atoms with Crippen molar-refractivity contribution in [2.24, 2.45) is 0 Å². The number of aryl methyl sites for hydroxylation is 1. The Bertz CT molecular complexity index is 540. The SMILES string of the molecule is CCN(CC)C(=O)COc1ccc(CCCOC(C)=O)cc1OC. The highest BCUT2D eigenvalue weighted by Gasteiger charge is 2.12. The average Bonchev–Trinajstić information content (AvgIpc) is 2.58. The van der Waals surface area contributed by atoms with Crippen LogP contribution < -0.4 is 9.47 Å². The van der Waals surface area contributed by atoms with Crippen molar-refractivity contribution >= 4 is 11.9 Å². The zero-order valence-electron chi connectivity index (χ0n) is 15.0. The molecule has 0 fully saturated rings. The molecule has 0 saturated heterocycles. The lowest BCUT2D eigenvalue weighted by atomic mass is 10.1. The molecule has 0 bridgehead atoms. The molecule has 1 rings (SSSR count). The Kier molecular flexibility index (Phi) is 8.68. The Labute approximate surface area is 143 Å². The lowest BCUT2D eigenvalue weighted by Gasteiger charge is -2.19. The number of ether oxygens (including phenoxy) is 3. The minimum Gasteiger partial charge on any atom is -0.493 e. The summed E-state index contributed by atoms with van der Waals surface area (Å²) in [4.78, 5) is 24.4. The number of hydrogen-bond donors (Lipinski definition) is 0. The number of benzene rings is 1. The molecule has 24 heavy (non-hydrogen) atoms. The number of methoxy groups -OCH3 is 1. The molecule has 0 unspecified atom stereocenters. The highest BCUT2D eigenvalue weighted by atomic mass is 16.5. The van der Waals surface area contributed by atoms with Crippen LogP contribution in [0, 0.1) is 0 Å². The molecule has 0 N–H and O–H groups in total. The normalized spacial score (nSPS) is 10.2. The van der Waals surface area contributed by atoms with E-state index < -0.39 is 0 Å². The third-order valence-electron chi connectivity index (χ3n) is 3.61. The van der Waals surface area contributed by atoms with Gasteiger partial charge in [-0.05, 0) is 44.4 Å². The van der Waals surface area contributed by atoms with Crippen molar-refractivity contribution in [1.82, 2.24) is 4.90 Å². The van der Waals surface area contributed by atoms with Crippen molar-refractivity contribution in [3.63, 3.8) is 0 Å². The van der Waals surface area contributed by atoms with Crippen LogP contribution in [0.4, 0.5) is 0 Å². The highest BCUT2D eigenvalue weighted by molar-refractivity contribution is 5.77. The zero-order chi connectivity index (χ0) is 17.9. The predicted molar refractivity (Wildman–Crippen MR) is 91.4 cm³/mol. The number of esters is 1. The van der Waals surface area contributed by atoms with E-state index >= 15 is 0 Å². The first-order chi connectivity index (χ1) is 11.5. The van der Waals surface area contributed by atoms with E-state index in [0.717, 1.165) is 18.4 Å². The molecule has 0 aromatic heterocycles. The van der Waals surface area contributed by atoms with E-state index in [1.54, 1.807) is 18.1 Å². The van der Waals surface area contributed by atoms with Crippen LogP contribution in [-0.2, 0) is 20.7 Å². The van der Waals surface area contributed by atoms with E-state index in [1.165, 1.54) is 6.92 Å². The maximum absolute atomic E-state index is 12.0. The van der Waals surface area contributed by atoms with Crippen LogP contribution >= 0.6 is 0 Å². The number of nitrogens with zero attached hydrogens (tertiary/aromatic N) is 1. The van der Waals surface area contributed by atoms with Gasteiger partial charge in [-0.1, -0.05) is 6.07 Å². The summed E-state index contributed by atoms with van der Waals surface area (Å²) in [7, 11) is 1.57. The summed E-state index contributed by atoms with van der Waals surface area (Å²) in [5.41, 5.74) is 1.06. The first-order valence-electron chi connectivity index (χ1n) is 8.22. The van der Waals surface area contributed by atoms with E-state index in [0.29, 0.717) is 31.2 Å². The fraction of sp³-hybridized carbons (Fsp3) is 0.556. The van der Waals surface area contributed by atoms with Gasteiger partial charge in [0, 0.05) is 20.0 Å². The number of carbonyl (C=O) groups excluding carboxylic acids is 2. The van der Waals surface area contributed by atoms with Crippen molar-refractivity contribution in [1.29, 1.82) is 0 Å². The van der Waals surface area contributed by atoms with Crippen molar-refractivity contribution in [2.45, 2.75) is 33.6 Å². The van der Waals surface area contributed by atoms with Gasteiger partial charge < -0.3 is 19.1 Å². The highest BCUT2D eigenvalue weighted by Crippen LogP contribution is 2.28. The molecule has 0 saturated carbocycles. The smallest absolute Gasteiger partial charge is 0.302 e. The van der Waals surface area contributed by atoms with Gasteiger partial charge in [0.15, 0.2) is 18.1 Å². The lowest BCUT2D eigenvalue weighted by Crippen LogP contribution is -2.34. The third kappa shape index (κ3) is 6.48. The van der Waals surface area contributed by atoms with E-state index in [9.17, 15) is 9.59 Å². The van der Waals surface area contributed by atoms with Crippen LogP contribution in [0.1, 0.15) is 32.8 Å². The molecule has 6 nitrogen and oxygen atoms in total. The second-order valence-corrected chi connectivity index (χ2v) is 5.28. The molecule has 1 amide bonds. The molecule has 0 aliphatic rings. The molecule has 0 spiro atoms. The molecular weight excluding hydrogens is 310 g/mol. The first-order valence-corrected chi connectivity index (χ1v) is 8.22. The van der Waals surface area contributed by atoms with Gasteiger partial charge >= 0.3 is 5.97 Å². The van der Waals surface area contributed by atoms with Gasteiger partial charge in [0.1, 0.15) is 0 Å². The fourth-order valence-corrected chi connectivity index (χ4v) is 2.29. The van der Waals surface area contributed by atoms with Gasteiger partial charge in [0.25, 0.3) is 5.91 Å². The predicted octanol–water partition coefficient (Wildman–Crippen LogP) is 2.44. The van der Waals surface area contributed by atoms with Crippen molar-refractivity contribution in [2.75, 3.05) is 33.4 Å². The molecular formula is C18H27NO5. The Balaban J connectivity index is 2.60. The Hall–Kier alpha value is -2.24. The van der Waals surface area contributed by atoms with Crippen LogP contribution in [0.25, 0.3) is 0 Å². The topological polar surface area (TPSA) is 65.1 Å². The maximum Gasteiger partial charge on any atom is 0.302 e. The number of carbonyl (C=O) groups is 2. The largest absolute Gasteiger partial charge is 0.493 e. The quantitative estimate of drug-likeness (QED) is 0.485. The lowest BCUT2D eigenvalue weighted by molar-refractivity contribution is -0.141. The minimum absolute atomic E-state index is 0.0101. The third-order valence-corrected chi connectivity index (χ3v) is 3.61. The fourth-order valence-electron chi connectivity index (χ4n) is 2.29. The summed E-state index contributed by atoms with van der Waals surface area (Å²) in [6.07, 6.45) is 1.51. The zero-order valence-corrected chi connectivity index (χ0v) is 15.0. The second-order valence-electron chi connectivity index (χ2n) is 5.28. The molecule has 0 atom stereocenters. The van der Waals surface area contributed by atoms with Gasteiger partial charge in [-0.3, -0.25) is 9.59 Å². The summed E-state index contributed by atoms with van der Waals surface area (Å²) in [6.45, 7) is 6.99. The summed E-state index contributed by atoms with van der Waals surface area (Å²) in [5.74, 6) is 0.816. The standard InChI is InChI=1S/C18H27NO5/c1-5-19(6-2)18(21)13-24-16-10-9-15(12-17(16)22-4)8-7-11-23-14(3)20/h9-10,12H,5-8,11,13H2,1-4H3. The number of rotatable bonds is 10. The summed E-state index contributed by atoms with van der Waals surface area (Å²) in [6, 6.07) is 5.61. The molecule has 1 aromatic carbocycles. The van der Waals surface area contributed by atoms with Gasteiger partial charge in [0.05, 0.1) is 13.7 Å². The Morgan fingerprint density at radius 3 is 2.42 bits per heavy atom.